The van der Waals surface area contributed by atoms with E-state index in [1.807, 2.05) is 6.07 Å². The van der Waals surface area contributed by atoms with E-state index in [0.29, 0.717) is 12.5 Å². The lowest BCUT2D eigenvalue weighted by Gasteiger charge is -2.31. The van der Waals surface area contributed by atoms with Gasteiger partial charge in [0.1, 0.15) is 0 Å². The molecule has 0 saturated carbocycles. The summed E-state index contributed by atoms with van der Waals surface area (Å²) in [5.74, 6) is 0.468. The van der Waals surface area contributed by atoms with Crippen molar-refractivity contribution in [2.45, 2.75) is 19.4 Å². The standard InChI is InChI=1S/C12H19NO2S/c1-15-12-5-4-11(16-12)8-13-6-2-3-10(7-13)9-14/h4-5,10,14H,2-3,6-9H2,1H3. The molecule has 2 heterocycles. The Balaban J connectivity index is 1.88. The molecule has 0 aromatic carbocycles. The van der Waals surface area contributed by atoms with E-state index in [2.05, 4.69) is 11.0 Å². The molecule has 1 N–H and O–H groups in total. The lowest BCUT2D eigenvalue weighted by atomic mass is 9.99. The molecule has 1 fully saturated rings. The van der Waals surface area contributed by atoms with Crippen molar-refractivity contribution in [2.24, 2.45) is 5.92 Å². The Morgan fingerprint density at radius 3 is 3.12 bits per heavy atom. The second-order valence-electron chi connectivity index (χ2n) is 4.35. The van der Waals surface area contributed by atoms with Gasteiger partial charge in [-0.1, -0.05) is 0 Å². The first-order valence-electron chi connectivity index (χ1n) is 5.77. The van der Waals surface area contributed by atoms with Gasteiger partial charge in [0.15, 0.2) is 5.06 Å². The Hall–Kier alpha value is -0.580. The van der Waals surface area contributed by atoms with Crippen LogP contribution in [0.3, 0.4) is 0 Å². The average molecular weight is 241 g/mol. The molecule has 3 nitrogen and oxygen atoms in total. The van der Waals surface area contributed by atoms with Crippen molar-refractivity contribution in [1.82, 2.24) is 4.90 Å². The second kappa shape index (κ2) is 5.66. The Morgan fingerprint density at radius 1 is 1.56 bits per heavy atom. The summed E-state index contributed by atoms with van der Waals surface area (Å²) in [5, 5.41) is 10.2. The predicted molar refractivity (Wildman–Crippen MR) is 66.0 cm³/mol. The van der Waals surface area contributed by atoms with Crippen molar-refractivity contribution in [3.05, 3.63) is 17.0 Å². The molecule has 16 heavy (non-hydrogen) atoms. The first kappa shape index (κ1) is 11.9. The lowest BCUT2D eigenvalue weighted by Crippen LogP contribution is -2.36. The van der Waals surface area contributed by atoms with Crippen molar-refractivity contribution >= 4 is 11.3 Å². The van der Waals surface area contributed by atoms with E-state index in [1.54, 1.807) is 18.4 Å². The van der Waals surface area contributed by atoms with Crippen LogP contribution in [0, 0.1) is 5.92 Å². The maximum Gasteiger partial charge on any atom is 0.173 e. The maximum atomic E-state index is 9.17. The summed E-state index contributed by atoms with van der Waals surface area (Å²) < 4.78 is 5.19. The average Bonchev–Trinajstić information content (AvgIpc) is 2.77. The summed E-state index contributed by atoms with van der Waals surface area (Å²) in [4.78, 5) is 3.77. The SMILES string of the molecule is COc1ccc(CN2CCCC(CO)C2)s1. The van der Waals surface area contributed by atoms with Gasteiger partial charge in [0.05, 0.1) is 7.11 Å². The van der Waals surface area contributed by atoms with Gasteiger partial charge in [-0.15, -0.1) is 11.3 Å². The summed E-state index contributed by atoms with van der Waals surface area (Å²) in [6.45, 7) is 3.49. The third-order valence-corrected chi connectivity index (χ3v) is 4.11. The normalized spacial score (nSPS) is 22.2. The first-order chi connectivity index (χ1) is 7.81. The van der Waals surface area contributed by atoms with Crippen LogP contribution in [0.1, 0.15) is 17.7 Å². The summed E-state index contributed by atoms with van der Waals surface area (Å²) in [5.41, 5.74) is 0. The molecule has 1 unspecified atom stereocenters. The van der Waals surface area contributed by atoms with Gasteiger partial charge in [0.25, 0.3) is 0 Å². The van der Waals surface area contributed by atoms with E-state index in [-0.39, 0.29) is 0 Å². The Morgan fingerprint density at radius 2 is 2.44 bits per heavy atom. The van der Waals surface area contributed by atoms with Crippen molar-refractivity contribution in [3.63, 3.8) is 0 Å². The molecule has 0 bridgehead atoms. The van der Waals surface area contributed by atoms with Crippen molar-refractivity contribution in [2.75, 3.05) is 26.8 Å². The van der Waals surface area contributed by atoms with Gasteiger partial charge in [-0.2, -0.15) is 0 Å². The van der Waals surface area contributed by atoms with Gasteiger partial charge >= 0.3 is 0 Å². The summed E-state index contributed by atoms with van der Waals surface area (Å²) in [6, 6.07) is 4.15. The van der Waals surface area contributed by atoms with Crippen LogP contribution in [-0.4, -0.2) is 36.8 Å². The molecule has 0 aliphatic carbocycles. The predicted octanol–water partition coefficient (Wildman–Crippen LogP) is 1.96. The number of aliphatic hydroxyl groups excluding tert-OH is 1. The summed E-state index contributed by atoms with van der Waals surface area (Å²) in [7, 11) is 1.71. The van der Waals surface area contributed by atoms with Gasteiger partial charge < -0.3 is 9.84 Å². The molecule has 1 aliphatic rings. The van der Waals surface area contributed by atoms with Crippen LogP contribution in [0.5, 0.6) is 5.06 Å². The van der Waals surface area contributed by atoms with Crippen LogP contribution in [0.2, 0.25) is 0 Å². The molecule has 0 radical (unpaired) electrons. The Kier molecular flexibility index (Phi) is 4.21. The maximum absolute atomic E-state index is 9.17. The number of hydrogen-bond donors (Lipinski definition) is 1. The lowest BCUT2D eigenvalue weighted by molar-refractivity contribution is 0.116. The molecule has 0 amide bonds. The number of ether oxygens (including phenoxy) is 1. The second-order valence-corrected chi connectivity index (χ2v) is 5.48. The largest absolute Gasteiger partial charge is 0.487 e. The van der Waals surface area contributed by atoms with Crippen molar-refractivity contribution in [1.29, 1.82) is 0 Å². The number of rotatable bonds is 4. The minimum atomic E-state index is 0.324. The van der Waals surface area contributed by atoms with Crippen LogP contribution in [-0.2, 0) is 6.54 Å². The highest BCUT2D eigenvalue weighted by Gasteiger charge is 2.19. The quantitative estimate of drug-likeness (QED) is 0.874. The van der Waals surface area contributed by atoms with Crippen molar-refractivity contribution < 1.29 is 9.84 Å². The zero-order chi connectivity index (χ0) is 11.4. The van der Waals surface area contributed by atoms with Crippen LogP contribution >= 0.6 is 11.3 Å². The summed E-state index contributed by atoms with van der Waals surface area (Å²) >= 11 is 1.71. The number of aliphatic hydroxyl groups is 1. The topological polar surface area (TPSA) is 32.7 Å². The minimum Gasteiger partial charge on any atom is -0.487 e. The molecule has 1 saturated heterocycles. The number of hydrogen-bond acceptors (Lipinski definition) is 4. The molecule has 1 aromatic heterocycles. The van der Waals surface area contributed by atoms with Crippen LogP contribution in [0.15, 0.2) is 12.1 Å². The van der Waals surface area contributed by atoms with Gasteiger partial charge in [-0.3, -0.25) is 4.90 Å². The third kappa shape index (κ3) is 2.97. The highest BCUT2D eigenvalue weighted by Crippen LogP contribution is 2.26. The fraction of sp³-hybridized carbons (Fsp3) is 0.667. The van der Waals surface area contributed by atoms with Gasteiger partial charge in [-0.25, -0.2) is 0 Å². The van der Waals surface area contributed by atoms with Crippen LogP contribution < -0.4 is 4.74 Å². The zero-order valence-electron chi connectivity index (χ0n) is 9.69. The van der Waals surface area contributed by atoms with E-state index in [0.717, 1.165) is 24.7 Å². The van der Waals surface area contributed by atoms with E-state index in [9.17, 15) is 5.11 Å². The molecular formula is C12H19NO2S. The first-order valence-corrected chi connectivity index (χ1v) is 6.59. The molecule has 90 valence electrons. The van der Waals surface area contributed by atoms with Crippen LogP contribution in [0.4, 0.5) is 0 Å². The van der Waals surface area contributed by atoms with E-state index in [4.69, 9.17) is 4.74 Å². The molecule has 4 heteroatoms. The molecule has 2 rings (SSSR count). The fourth-order valence-corrected chi connectivity index (χ4v) is 3.08. The molecule has 1 atom stereocenters. The Bertz CT molecular complexity index is 327. The highest BCUT2D eigenvalue weighted by atomic mass is 32.1. The number of nitrogens with zero attached hydrogens (tertiary/aromatic N) is 1. The monoisotopic (exact) mass is 241 g/mol. The number of likely N-dealkylation sites (tertiary alicyclic amines) is 1. The van der Waals surface area contributed by atoms with Gasteiger partial charge in [0, 0.05) is 24.6 Å². The highest BCUT2D eigenvalue weighted by molar-refractivity contribution is 7.13. The fourth-order valence-electron chi connectivity index (χ4n) is 2.22. The summed E-state index contributed by atoms with van der Waals surface area (Å²) in [6.07, 6.45) is 2.37. The number of thiophene rings is 1. The van der Waals surface area contributed by atoms with Gasteiger partial charge in [-0.05, 0) is 37.4 Å². The van der Waals surface area contributed by atoms with Crippen molar-refractivity contribution in [3.8, 4) is 5.06 Å². The minimum absolute atomic E-state index is 0.324. The van der Waals surface area contributed by atoms with Gasteiger partial charge in [0.2, 0.25) is 0 Å². The molecule has 1 aliphatic heterocycles. The zero-order valence-corrected chi connectivity index (χ0v) is 10.5. The Labute approximate surface area is 101 Å². The smallest absolute Gasteiger partial charge is 0.173 e. The third-order valence-electron chi connectivity index (χ3n) is 3.08. The number of methoxy groups -OCH3 is 1. The van der Waals surface area contributed by atoms with E-state index >= 15 is 0 Å². The molecule has 1 aromatic rings. The van der Waals surface area contributed by atoms with E-state index < -0.39 is 0 Å². The van der Waals surface area contributed by atoms with Crippen LogP contribution in [0.25, 0.3) is 0 Å². The van der Waals surface area contributed by atoms with E-state index in [1.165, 1.54) is 17.7 Å². The molecule has 0 spiro atoms. The molecular weight excluding hydrogens is 222 g/mol. The number of piperidine rings is 1.